The van der Waals surface area contributed by atoms with Crippen molar-refractivity contribution in [3.8, 4) is 5.75 Å². The predicted molar refractivity (Wildman–Crippen MR) is 89.8 cm³/mol. The van der Waals surface area contributed by atoms with Crippen LogP contribution in [0.5, 0.6) is 5.75 Å². The Labute approximate surface area is 130 Å². The highest BCUT2D eigenvalue weighted by Crippen LogP contribution is 2.27. The van der Waals surface area contributed by atoms with E-state index in [-0.39, 0.29) is 6.04 Å². The molecule has 21 heavy (non-hydrogen) atoms. The molecule has 0 amide bonds. The molecule has 1 aliphatic rings. The fourth-order valence-electron chi connectivity index (χ4n) is 2.77. The van der Waals surface area contributed by atoms with Crippen molar-refractivity contribution in [2.75, 3.05) is 18.1 Å². The molecule has 2 aromatic carbocycles. The second-order valence-corrected chi connectivity index (χ2v) is 6.72. The standard InChI is InChI=1S/C18H21NOS/c20-17-8-6-16(7-9-17)18(15-4-2-1-3-5-15)19-12-14-10-11-21-13-14/h1-9,14,18-20H,10-13H2. The van der Waals surface area contributed by atoms with Crippen LogP contribution >= 0.6 is 11.8 Å². The van der Waals surface area contributed by atoms with Crippen molar-refractivity contribution in [3.05, 3.63) is 65.7 Å². The van der Waals surface area contributed by atoms with Crippen LogP contribution in [-0.2, 0) is 0 Å². The molecule has 1 heterocycles. The topological polar surface area (TPSA) is 32.3 Å². The average Bonchev–Trinajstić information content (AvgIpc) is 3.04. The normalized spacial score (nSPS) is 19.5. The first kappa shape index (κ1) is 14.5. The van der Waals surface area contributed by atoms with Gasteiger partial charge in [-0.25, -0.2) is 0 Å². The number of phenolic OH excluding ortho intramolecular Hbond substituents is 1. The van der Waals surface area contributed by atoms with E-state index in [9.17, 15) is 5.11 Å². The number of hydrogen-bond donors (Lipinski definition) is 2. The lowest BCUT2D eigenvalue weighted by atomic mass is 9.97. The summed E-state index contributed by atoms with van der Waals surface area (Å²) >= 11 is 2.05. The van der Waals surface area contributed by atoms with E-state index in [1.807, 2.05) is 18.2 Å². The van der Waals surface area contributed by atoms with E-state index in [0.29, 0.717) is 5.75 Å². The van der Waals surface area contributed by atoms with E-state index in [1.54, 1.807) is 12.1 Å². The van der Waals surface area contributed by atoms with Crippen molar-refractivity contribution >= 4 is 11.8 Å². The summed E-state index contributed by atoms with van der Waals surface area (Å²) < 4.78 is 0. The molecule has 3 heteroatoms. The molecule has 0 aromatic heterocycles. The van der Waals surface area contributed by atoms with Crippen LogP contribution in [0.4, 0.5) is 0 Å². The van der Waals surface area contributed by atoms with Crippen LogP contribution in [0.3, 0.4) is 0 Å². The Bertz CT molecular complexity index is 549. The third-order valence-electron chi connectivity index (χ3n) is 3.99. The lowest BCUT2D eigenvalue weighted by molar-refractivity contribution is 0.473. The number of rotatable bonds is 5. The maximum atomic E-state index is 9.49. The molecule has 2 aromatic rings. The van der Waals surface area contributed by atoms with Crippen LogP contribution in [0.1, 0.15) is 23.6 Å². The lowest BCUT2D eigenvalue weighted by Crippen LogP contribution is -2.28. The van der Waals surface area contributed by atoms with Gasteiger partial charge in [-0.3, -0.25) is 0 Å². The molecule has 1 saturated heterocycles. The number of benzene rings is 2. The fourth-order valence-corrected chi connectivity index (χ4v) is 4.05. The van der Waals surface area contributed by atoms with Crippen LogP contribution in [0.15, 0.2) is 54.6 Å². The Balaban J connectivity index is 1.78. The van der Waals surface area contributed by atoms with Crippen LogP contribution < -0.4 is 5.32 Å². The summed E-state index contributed by atoms with van der Waals surface area (Å²) in [5.41, 5.74) is 2.47. The van der Waals surface area contributed by atoms with Gasteiger partial charge in [0.1, 0.15) is 5.75 Å². The summed E-state index contributed by atoms with van der Waals surface area (Å²) in [5, 5.41) is 13.2. The molecule has 0 radical (unpaired) electrons. The van der Waals surface area contributed by atoms with Gasteiger partial charge in [-0.2, -0.15) is 11.8 Å². The van der Waals surface area contributed by atoms with Gasteiger partial charge in [0.25, 0.3) is 0 Å². The van der Waals surface area contributed by atoms with Crippen LogP contribution in [0, 0.1) is 5.92 Å². The van der Waals surface area contributed by atoms with E-state index in [1.165, 1.54) is 29.1 Å². The monoisotopic (exact) mass is 299 g/mol. The highest BCUT2D eigenvalue weighted by Gasteiger charge is 2.19. The zero-order valence-corrected chi connectivity index (χ0v) is 12.9. The maximum absolute atomic E-state index is 9.49. The maximum Gasteiger partial charge on any atom is 0.115 e. The first-order valence-corrected chi connectivity index (χ1v) is 8.63. The summed E-state index contributed by atoms with van der Waals surface area (Å²) in [6.45, 7) is 1.05. The number of phenols is 1. The van der Waals surface area contributed by atoms with Crippen molar-refractivity contribution in [3.63, 3.8) is 0 Å². The number of nitrogens with one attached hydrogen (secondary N) is 1. The Morgan fingerprint density at radius 1 is 1.05 bits per heavy atom. The molecular formula is C18H21NOS. The molecular weight excluding hydrogens is 278 g/mol. The summed E-state index contributed by atoms with van der Waals surface area (Å²) in [4.78, 5) is 0. The van der Waals surface area contributed by atoms with Gasteiger partial charge in [0.15, 0.2) is 0 Å². The van der Waals surface area contributed by atoms with Crippen molar-refractivity contribution < 1.29 is 5.11 Å². The van der Waals surface area contributed by atoms with Crippen molar-refractivity contribution in [2.45, 2.75) is 12.5 Å². The third-order valence-corrected chi connectivity index (χ3v) is 5.23. The van der Waals surface area contributed by atoms with Gasteiger partial charge in [0.2, 0.25) is 0 Å². The molecule has 2 nitrogen and oxygen atoms in total. The van der Waals surface area contributed by atoms with Crippen LogP contribution in [-0.4, -0.2) is 23.2 Å². The van der Waals surface area contributed by atoms with Gasteiger partial charge >= 0.3 is 0 Å². The van der Waals surface area contributed by atoms with Crippen molar-refractivity contribution in [1.29, 1.82) is 0 Å². The average molecular weight is 299 g/mol. The zero-order chi connectivity index (χ0) is 14.5. The molecule has 2 unspecified atom stereocenters. The van der Waals surface area contributed by atoms with E-state index >= 15 is 0 Å². The fraction of sp³-hybridized carbons (Fsp3) is 0.333. The molecule has 0 aliphatic carbocycles. The summed E-state index contributed by atoms with van der Waals surface area (Å²) in [7, 11) is 0. The Hall–Kier alpha value is -1.45. The molecule has 3 rings (SSSR count). The van der Waals surface area contributed by atoms with Gasteiger partial charge in [-0.15, -0.1) is 0 Å². The van der Waals surface area contributed by atoms with E-state index in [4.69, 9.17) is 0 Å². The first-order chi connectivity index (χ1) is 10.3. The lowest BCUT2D eigenvalue weighted by Gasteiger charge is -2.22. The molecule has 2 atom stereocenters. The van der Waals surface area contributed by atoms with Gasteiger partial charge in [0, 0.05) is 0 Å². The number of aromatic hydroxyl groups is 1. The second kappa shape index (κ2) is 7.01. The van der Waals surface area contributed by atoms with E-state index in [2.05, 4.69) is 41.3 Å². The van der Waals surface area contributed by atoms with Gasteiger partial charge in [-0.1, -0.05) is 42.5 Å². The molecule has 2 N–H and O–H groups in total. The summed E-state index contributed by atoms with van der Waals surface area (Å²) in [6.07, 6.45) is 1.31. The zero-order valence-electron chi connectivity index (χ0n) is 12.0. The smallest absolute Gasteiger partial charge is 0.115 e. The van der Waals surface area contributed by atoms with Crippen molar-refractivity contribution in [2.24, 2.45) is 5.92 Å². The molecule has 0 spiro atoms. The Kier molecular flexibility index (Phi) is 4.84. The van der Waals surface area contributed by atoms with Gasteiger partial charge in [0.05, 0.1) is 6.04 Å². The molecule has 1 fully saturated rings. The largest absolute Gasteiger partial charge is 0.508 e. The van der Waals surface area contributed by atoms with Gasteiger partial charge in [-0.05, 0) is 53.6 Å². The quantitative estimate of drug-likeness (QED) is 0.880. The SMILES string of the molecule is Oc1ccc(C(NCC2CCSC2)c2ccccc2)cc1. The second-order valence-electron chi connectivity index (χ2n) is 5.57. The number of hydrogen-bond acceptors (Lipinski definition) is 3. The minimum atomic E-state index is 0.192. The third kappa shape index (κ3) is 3.80. The Morgan fingerprint density at radius 2 is 1.76 bits per heavy atom. The highest BCUT2D eigenvalue weighted by atomic mass is 32.2. The van der Waals surface area contributed by atoms with Crippen LogP contribution in [0.2, 0.25) is 0 Å². The number of thioether (sulfide) groups is 1. The molecule has 0 bridgehead atoms. The molecule has 1 aliphatic heterocycles. The van der Waals surface area contributed by atoms with Crippen LogP contribution in [0.25, 0.3) is 0 Å². The van der Waals surface area contributed by atoms with E-state index < -0.39 is 0 Å². The van der Waals surface area contributed by atoms with Crippen molar-refractivity contribution in [1.82, 2.24) is 5.32 Å². The first-order valence-electron chi connectivity index (χ1n) is 7.48. The summed E-state index contributed by atoms with van der Waals surface area (Å²) in [6, 6.07) is 18.2. The Morgan fingerprint density at radius 3 is 2.43 bits per heavy atom. The van der Waals surface area contributed by atoms with E-state index in [0.717, 1.165) is 12.5 Å². The molecule has 0 saturated carbocycles. The summed E-state index contributed by atoms with van der Waals surface area (Å²) in [5.74, 6) is 3.65. The minimum absolute atomic E-state index is 0.192. The van der Waals surface area contributed by atoms with Gasteiger partial charge < -0.3 is 10.4 Å². The highest BCUT2D eigenvalue weighted by molar-refractivity contribution is 7.99. The minimum Gasteiger partial charge on any atom is -0.508 e. The predicted octanol–water partition coefficient (Wildman–Crippen LogP) is 3.82. The molecule has 110 valence electrons.